The second-order valence-corrected chi connectivity index (χ2v) is 4.78. The summed E-state index contributed by atoms with van der Waals surface area (Å²) in [6.45, 7) is 2.24. The van der Waals surface area contributed by atoms with Crippen LogP contribution >= 0.6 is 23.2 Å². The van der Waals surface area contributed by atoms with Crippen LogP contribution < -0.4 is 5.32 Å². The van der Waals surface area contributed by atoms with Crippen molar-refractivity contribution in [2.45, 2.75) is 32.2 Å². The van der Waals surface area contributed by atoms with Gasteiger partial charge in [-0.05, 0) is 18.8 Å². The zero-order valence-corrected chi connectivity index (χ0v) is 10.0. The van der Waals surface area contributed by atoms with Gasteiger partial charge in [-0.3, -0.25) is 0 Å². The summed E-state index contributed by atoms with van der Waals surface area (Å²) in [5.74, 6) is 0.674. The molecule has 15 heavy (non-hydrogen) atoms. The summed E-state index contributed by atoms with van der Waals surface area (Å²) in [5.41, 5.74) is 0.787. The minimum Gasteiger partial charge on any atom is -0.379 e. The molecule has 0 saturated heterocycles. The van der Waals surface area contributed by atoms with Crippen molar-refractivity contribution < 1.29 is 0 Å². The van der Waals surface area contributed by atoms with Gasteiger partial charge < -0.3 is 5.32 Å². The first-order chi connectivity index (χ1) is 7.16. The Labute approximate surface area is 99.2 Å². The minimum atomic E-state index is 0.368. The second-order valence-electron chi connectivity index (χ2n) is 4.03. The van der Waals surface area contributed by atoms with Crippen molar-refractivity contribution in [2.24, 2.45) is 5.92 Å². The van der Waals surface area contributed by atoms with Gasteiger partial charge in [-0.1, -0.05) is 36.5 Å². The average molecular weight is 246 g/mol. The molecule has 5 heteroatoms. The molecule has 3 nitrogen and oxygen atoms in total. The molecule has 1 aliphatic carbocycles. The van der Waals surface area contributed by atoms with E-state index in [-0.39, 0.29) is 0 Å². The maximum Gasteiger partial charge on any atom is 0.174 e. The quantitative estimate of drug-likeness (QED) is 0.869. The summed E-state index contributed by atoms with van der Waals surface area (Å²) in [4.78, 5) is 0. The molecule has 0 radical (unpaired) electrons. The number of nitrogens with zero attached hydrogens (tertiary/aromatic N) is 2. The van der Waals surface area contributed by atoms with Crippen molar-refractivity contribution in [2.75, 3.05) is 5.32 Å². The van der Waals surface area contributed by atoms with E-state index in [2.05, 4.69) is 22.4 Å². The maximum absolute atomic E-state index is 5.93. The minimum absolute atomic E-state index is 0.368. The number of hydrogen-bond acceptors (Lipinski definition) is 3. The number of halogens is 2. The smallest absolute Gasteiger partial charge is 0.174 e. The van der Waals surface area contributed by atoms with Gasteiger partial charge in [-0.2, -0.15) is 0 Å². The molecule has 1 N–H and O–H groups in total. The molecule has 1 fully saturated rings. The maximum atomic E-state index is 5.93. The summed E-state index contributed by atoms with van der Waals surface area (Å²) in [7, 11) is 0. The van der Waals surface area contributed by atoms with E-state index in [1.54, 1.807) is 6.07 Å². The lowest BCUT2D eigenvalue weighted by Gasteiger charge is -2.18. The van der Waals surface area contributed by atoms with Crippen LogP contribution in [0.3, 0.4) is 0 Å². The highest BCUT2D eigenvalue weighted by Crippen LogP contribution is 2.30. The molecular weight excluding hydrogens is 233 g/mol. The van der Waals surface area contributed by atoms with Crippen molar-refractivity contribution in [1.29, 1.82) is 0 Å². The van der Waals surface area contributed by atoms with Gasteiger partial charge in [0.15, 0.2) is 10.3 Å². The normalized spacial score (nSPS) is 25.5. The number of anilines is 1. The summed E-state index contributed by atoms with van der Waals surface area (Å²) in [6.07, 6.45) is 3.71. The molecule has 0 spiro atoms. The van der Waals surface area contributed by atoms with Crippen molar-refractivity contribution in [3.05, 3.63) is 16.4 Å². The first-order valence-electron chi connectivity index (χ1n) is 5.12. The fraction of sp³-hybridized carbons (Fsp3) is 0.600. The molecule has 2 unspecified atom stereocenters. The molecule has 82 valence electrons. The highest BCUT2D eigenvalue weighted by atomic mass is 35.5. The molecule has 1 aromatic rings. The Hall–Kier alpha value is -0.540. The van der Waals surface area contributed by atoms with E-state index in [9.17, 15) is 0 Å². The number of nitrogens with one attached hydrogen (secondary N) is 1. The standard InChI is InChI=1S/C10H13Cl2N3/c1-6-3-2-4-7(6)13-8-5-9(11)14-15-10(8)12/h5-7H,2-4H2,1H3,(H,13,14). The topological polar surface area (TPSA) is 37.8 Å². The van der Waals surface area contributed by atoms with Gasteiger partial charge in [0.25, 0.3) is 0 Å². The van der Waals surface area contributed by atoms with Crippen molar-refractivity contribution >= 4 is 28.9 Å². The Kier molecular flexibility index (Phi) is 3.32. The molecule has 2 atom stereocenters. The molecule has 0 amide bonds. The molecule has 0 aromatic carbocycles. The zero-order chi connectivity index (χ0) is 10.8. The molecule has 1 aliphatic rings. The Morgan fingerprint density at radius 1 is 1.33 bits per heavy atom. The van der Waals surface area contributed by atoms with Crippen LogP contribution in [0.5, 0.6) is 0 Å². The Morgan fingerprint density at radius 3 is 2.80 bits per heavy atom. The third-order valence-corrected chi connectivity index (χ3v) is 3.39. The predicted octanol–water partition coefficient (Wildman–Crippen LogP) is 3.38. The van der Waals surface area contributed by atoms with Crippen LogP contribution in [0.25, 0.3) is 0 Å². The van der Waals surface area contributed by atoms with Crippen molar-refractivity contribution in [3.8, 4) is 0 Å². The third-order valence-electron chi connectivity index (χ3n) is 2.92. The summed E-state index contributed by atoms with van der Waals surface area (Å²) >= 11 is 11.7. The van der Waals surface area contributed by atoms with E-state index in [0.29, 0.717) is 22.3 Å². The van der Waals surface area contributed by atoms with E-state index >= 15 is 0 Å². The number of hydrogen-bond donors (Lipinski definition) is 1. The predicted molar refractivity (Wildman–Crippen MR) is 62.5 cm³/mol. The summed E-state index contributed by atoms with van der Waals surface area (Å²) in [6, 6.07) is 2.20. The van der Waals surface area contributed by atoms with Crippen LogP contribution in [0.2, 0.25) is 10.3 Å². The lowest BCUT2D eigenvalue weighted by Crippen LogP contribution is -2.22. The zero-order valence-electron chi connectivity index (χ0n) is 8.50. The van der Waals surface area contributed by atoms with Crippen molar-refractivity contribution in [3.63, 3.8) is 0 Å². The molecule has 1 saturated carbocycles. The Balaban J connectivity index is 2.12. The van der Waals surface area contributed by atoms with Crippen LogP contribution in [0.15, 0.2) is 6.07 Å². The van der Waals surface area contributed by atoms with Gasteiger partial charge in [0, 0.05) is 12.1 Å². The lowest BCUT2D eigenvalue weighted by molar-refractivity contribution is 0.556. The van der Waals surface area contributed by atoms with Crippen LogP contribution in [0.1, 0.15) is 26.2 Å². The average Bonchev–Trinajstić information content (AvgIpc) is 2.58. The van der Waals surface area contributed by atoms with E-state index in [4.69, 9.17) is 23.2 Å². The first-order valence-corrected chi connectivity index (χ1v) is 5.87. The fourth-order valence-corrected chi connectivity index (χ4v) is 2.31. The van der Waals surface area contributed by atoms with E-state index in [1.807, 2.05) is 0 Å². The molecule has 0 bridgehead atoms. The Bertz CT molecular complexity index is 357. The largest absolute Gasteiger partial charge is 0.379 e. The molecule has 1 aromatic heterocycles. The van der Waals surface area contributed by atoms with Gasteiger partial charge in [0.05, 0.1) is 5.69 Å². The molecule has 2 rings (SSSR count). The van der Waals surface area contributed by atoms with Crippen molar-refractivity contribution in [1.82, 2.24) is 10.2 Å². The van der Waals surface area contributed by atoms with Crippen LogP contribution in [0.4, 0.5) is 5.69 Å². The van der Waals surface area contributed by atoms with Gasteiger partial charge in [-0.25, -0.2) is 0 Å². The molecule has 1 heterocycles. The van der Waals surface area contributed by atoms with Gasteiger partial charge >= 0.3 is 0 Å². The monoisotopic (exact) mass is 245 g/mol. The lowest BCUT2D eigenvalue weighted by atomic mass is 10.1. The highest BCUT2D eigenvalue weighted by Gasteiger charge is 2.23. The van der Waals surface area contributed by atoms with Crippen LogP contribution in [-0.2, 0) is 0 Å². The van der Waals surface area contributed by atoms with Crippen LogP contribution in [-0.4, -0.2) is 16.2 Å². The number of rotatable bonds is 2. The van der Waals surface area contributed by atoms with Gasteiger partial charge in [0.1, 0.15) is 0 Å². The fourth-order valence-electron chi connectivity index (χ4n) is 2.01. The summed E-state index contributed by atoms with van der Waals surface area (Å²) < 4.78 is 0. The summed E-state index contributed by atoms with van der Waals surface area (Å²) in [5, 5.41) is 11.6. The van der Waals surface area contributed by atoms with E-state index in [0.717, 1.165) is 5.69 Å². The Morgan fingerprint density at radius 2 is 2.13 bits per heavy atom. The first kappa shape index (κ1) is 11.0. The SMILES string of the molecule is CC1CCCC1Nc1cc(Cl)nnc1Cl. The molecular formula is C10H13Cl2N3. The van der Waals surface area contributed by atoms with Gasteiger partial charge in [-0.15, -0.1) is 10.2 Å². The van der Waals surface area contributed by atoms with Gasteiger partial charge in [0.2, 0.25) is 0 Å². The third kappa shape index (κ3) is 2.52. The highest BCUT2D eigenvalue weighted by molar-refractivity contribution is 6.33. The second kappa shape index (κ2) is 4.54. The van der Waals surface area contributed by atoms with Crippen LogP contribution in [0, 0.1) is 5.92 Å². The van der Waals surface area contributed by atoms with E-state index in [1.165, 1.54) is 19.3 Å². The van der Waals surface area contributed by atoms with E-state index < -0.39 is 0 Å². The molecule has 0 aliphatic heterocycles. The number of aromatic nitrogens is 2.